The molecule has 98 valence electrons. The predicted octanol–water partition coefficient (Wildman–Crippen LogP) is 0.299. The third-order valence-electron chi connectivity index (χ3n) is 2.85. The topological polar surface area (TPSA) is 92.9 Å². The molecule has 1 fully saturated rings. The van der Waals surface area contributed by atoms with E-state index in [4.69, 9.17) is 14.3 Å². The zero-order valence-electron chi connectivity index (χ0n) is 9.96. The molecule has 18 heavy (non-hydrogen) atoms. The Kier molecular flexibility index (Phi) is 3.61. The molecule has 1 atom stereocenters. The zero-order valence-corrected chi connectivity index (χ0v) is 9.96. The minimum atomic E-state index is -0.958. The molecule has 0 aromatic carbocycles. The SMILES string of the molecule is Cc1ocnc1C(=O)N1CCOCC1CC(=O)O. The first-order valence-corrected chi connectivity index (χ1v) is 5.60. The fraction of sp³-hybridized carbons (Fsp3) is 0.545. The van der Waals surface area contributed by atoms with E-state index in [-0.39, 0.29) is 24.6 Å². The van der Waals surface area contributed by atoms with Crippen LogP contribution in [0.1, 0.15) is 22.7 Å². The summed E-state index contributed by atoms with van der Waals surface area (Å²) in [5.41, 5.74) is 0.229. The van der Waals surface area contributed by atoms with Gasteiger partial charge in [0.2, 0.25) is 0 Å². The first-order valence-electron chi connectivity index (χ1n) is 5.60. The Morgan fingerprint density at radius 1 is 1.61 bits per heavy atom. The number of ether oxygens (including phenoxy) is 1. The number of aromatic nitrogens is 1. The summed E-state index contributed by atoms with van der Waals surface area (Å²) in [4.78, 5) is 28.3. The summed E-state index contributed by atoms with van der Waals surface area (Å²) in [5, 5.41) is 8.82. The highest BCUT2D eigenvalue weighted by molar-refractivity contribution is 5.93. The van der Waals surface area contributed by atoms with Gasteiger partial charge in [-0.05, 0) is 6.92 Å². The van der Waals surface area contributed by atoms with Gasteiger partial charge in [-0.3, -0.25) is 9.59 Å². The zero-order chi connectivity index (χ0) is 13.1. The maximum atomic E-state index is 12.2. The van der Waals surface area contributed by atoms with Crippen molar-refractivity contribution >= 4 is 11.9 Å². The van der Waals surface area contributed by atoms with Gasteiger partial charge in [-0.1, -0.05) is 0 Å². The van der Waals surface area contributed by atoms with E-state index >= 15 is 0 Å². The molecule has 1 amide bonds. The summed E-state index contributed by atoms with van der Waals surface area (Å²) in [7, 11) is 0. The molecular formula is C11H14N2O5. The number of hydrogen-bond acceptors (Lipinski definition) is 5. The third kappa shape index (κ3) is 2.51. The molecule has 2 heterocycles. The van der Waals surface area contributed by atoms with Gasteiger partial charge in [-0.15, -0.1) is 0 Å². The van der Waals surface area contributed by atoms with E-state index in [0.29, 0.717) is 18.9 Å². The smallest absolute Gasteiger partial charge is 0.305 e. The summed E-state index contributed by atoms with van der Waals surface area (Å²) < 4.78 is 10.2. The Hall–Kier alpha value is -1.89. The second-order valence-corrected chi connectivity index (χ2v) is 4.08. The van der Waals surface area contributed by atoms with Crippen LogP contribution in [0.4, 0.5) is 0 Å². The standard InChI is InChI=1S/C11H14N2O5/c1-7-10(12-6-18-7)11(16)13-2-3-17-5-8(13)4-9(14)15/h6,8H,2-5H2,1H3,(H,14,15). The number of aryl methyl sites for hydroxylation is 1. The second-order valence-electron chi connectivity index (χ2n) is 4.08. The molecule has 0 bridgehead atoms. The van der Waals surface area contributed by atoms with Gasteiger partial charge in [0.25, 0.3) is 5.91 Å². The summed E-state index contributed by atoms with van der Waals surface area (Å²) in [6.45, 7) is 2.64. The number of nitrogens with zero attached hydrogens (tertiary/aromatic N) is 2. The van der Waals surface area contributed by atoms with Gasteiger partial charge in [-0.25, -0.2) is 4.98 Å². The molecule has 1 saturated heterocycles. The van der Waals surface area contributed by atoms with Crippen LogP contribution in [0.2, 0.25) is 0 Å². The summed E-state index contributed by atoms with van der Waals surface area (Å²) in [6, 6.07) is -0.458. The van der Waals surface area contributed by atoms with E-state index in [1.165, 1.54) is 11.3 Å². The molecular weight excluding hydrogens is 240 g/mol. The number of aliphatic carboxylic acids is 1. The van der Waals surface area contributed by atoms with E-state index in [0.717, 1.165) is 0 Å². The van der Waals surface area contributed by atoms with Crippen molar-refractivity contribution in [2.45, 2.75) is 19.4 Å². The number of carboxylic acid groups (broad SMARTS) is 1. The lowest BCUT2D eigenvalue weighted by Gasteiger charge is -2.34. The van der Waals surface area contributed by atoms with Crippen molar-refractivity contribution in [2.24, 2.45) is 0 Å². The lowest BCUT2D eigenvalue weighted by molar-refractivity contribution is -0.139. The average molecular weight is 254 g/mol. The first kappa shape index (κ1) is 12.6. The second kappa shape index (κ2) is 5.18. The quantitative estimate of drug-likeness (QED) is 0.833. The highest BCUT2D eigenvalue weighted by atomic mass is 16.5. The van der Waals surface area contributed by atoms with Crippen LogP contribution in [0, 0.1) is 6.92 Å². The van der Waals surface area contributed by atoms with Crippen molar-refractivity contribution in [1.82, 2.24) is 9.88 Å². The summed E-state index contributed by atoms with van der Waals surface area (Å²) in [6.07, 6.45) is 1.07. The van der Waals surface area contributed by atoms with Crippen LogP contribution in [0.5, 0.6) is 0 Å². The Morgan fingerprint density at radius 3 is 3.00 bits per heavy atom. The van der Waals surface area contributed by atoms with Crippen LogP contribution in [-0.2, 0) is 9.53 Å². The van der Waals surface area contributed by atoms with Gasteiger partial charge < -0.3 is 19.2 Å². The number of oxazole rings is 1. The maximum absolute atomic E-state index is 12.2. The van der Waals surface area contributed by atoms with Crippen molar-refractivity contribution < 1.29 is 23.8 Å². The van der Waals surface area contributed by atoms with Crippen LogP contribution in [-0.4, -0.2) is 52.7 Å². The summed E-state index contributed by atoms with van der Waals surface area (Å²) >= 11 is 0. The number of morpholine rings is 1. The van der Waals surface area contributed by atoms with E-state index < -0.39 is 12.0 Å². The van der Waals surface area contributed by atoms with E-state index in [1.807, 2.05) is 0 Å². The monoisotopic (exact) mass is 254 g/mol. The number of rotatable bonds is 3. The molecule has 0 aliphatic carbocycles. The van der Waals surface area contributed by atoms with Crippen LogP contribution < -0.4 is 0 Å². The van der Waals surface area contributed by atoms with Crippen molar-refractivity contribution in [3.63, 3.8) is 0 Å². The van der Waals surface area contributed by atoms with Crippen LogP contribution in [0.15, 0.2) is 10.8 Å². The van der Waals surface area contributed by atoms with Crippen LogP contribution in [0.25, 0.3) is 0 Å². The van der Waals surface area contributed by atoms with Crippen molar-refractivity contribution in [2.75, 3.05) is 19.8 Å². The lowest BCUT2D eigenvalue weighted by Crippen LogP contribution is -2.49. The maximum Gasteiger partial charge on any atom is 0.305 e. The van der Waals surface area contributed by atoms with E-state index in [1.54, 1.807) is 6.92 Å². The molecule has 0 saturated carbocycles. The number of hydrogen-bond donors (Lipinski definition) is 1. The number of carboxylic acids is 1. The molecule has 2 rings (SSSR count). The normalized spacial score (nSPS) is 19.8. The van der Waals surface area contributed by atoms with Gasteiger partial charge in [0.15, 0.2) is 12.1 Å². The molecule has 1 N–H and O–H groups in total. The third-order valence-corrected chi connectivity index (χ3v) is 2.85. The molecule has 1 aromatic heterocycles. The highest BCUT2D eigenvalue weighted by Crippen LogP contribution is 2.16. The Balaban J connectivity index is 2.16. The first-order chi connectivity index (χ1) is 8.59. The van der Waals surface area contributed by atoms with E-state index in [9.17, 15) is 9.59 Å². The molecule has 0 spiro atoms. The van der Waals surface area contributed by atoms with Gasteiger partial charge in [0.1, 0.15) is 5.76 Å². The molecule has 1 aliphatic heterocycles. The van der Waals surface area contributed by atoms with Gasteiger partial charge in [-0.2, -0.15) is 0 Å². The fourth-order valence-corrected chi connectivity index (χ4v) is 1.94. The number of carbonyl (C=O) groups is 2. The van der Waals surface area contributed by atoms with E-state index in [2.05, 4.69) is 4.98 Å². The van der Waals surface area contributed by atoms with Crippen LogP contribution in [0.3, 0.4) is 0 Å². The molecule has 1 unspecified atom stereocenters. The number of carbonyl (C=O) groups excluding carboxylic acids is 1. The molecule has 7 nitrogen and oxygen atoms in total. The Labute approximate surface area is 103 Å². The number of amides is 1. The Morgan fingerprint density at radius 2 is 2.39 bits per heavy atom. The largest absolute Gasteiger partial charge is 0.481 e. The van der Waals surface area contributed by atoms with Gasteiger partial charge in [0, 0.05) is 6.54 Å². The summed E-state index contributed by atoms with van der Waals surface area (Å²) in [5.74, 6) is -0.837. The van der Waals surface area contributed by atoms with Gasteiger partial charge in [0.05, 0.1) is 25.7 Å². The molecule has 1 aliphatic rings. The average Bonchev–Trinajstić information content (AvgIpc) is 2.74. The lowest BCUT2D eigenvalue weighted by atomic mass is 10.1. The predicted molar refractivity (Wildman–Crippen MR) is 59.1 cm³/mol. The fourth-order valence-electron chi connectivity index (χ4n) is 1.94. The molecule has 0 radical (unpaired) electrons. The van der Waals surface area contributed by atoms with Crippen molar-refractivity contribution in [3.8, 4) is 0 Å². The van der Waals surface area contributed by atoms with Gasteiger partial charge >= 0.3 is 5.97 Å². The van der Waals surface area contributed by atoms with Crippen LogP contribution >= 0.6 is 0 Å². The molecule has 1 aromatic rings. The minimum absolute atomic E-state index is 0.136. The van der Waals surface area contributed by atoms with Crippen molar-refractivity contribution in [1.29, 1.82) is 0 Å². The molecule has 7 heteroatoms. The Bertz CT molecular complexity index is 456. The highest BCUT2D eigenvalue weighted by Gasteiger charge is 2.31. The minimum Gasteiger partial charge on any atom is -0.481 e. The van der Waals surface area contributed by atoms with Crippen molar-refractivity contribution in [3.05, 3.63) is 17.8 Å².